The number of aromatic nitrogens is 1. The van der Waals surface area contributed by atoms with E-state index in [2.05, 4.69) is 16.2 Å². The molecule has 86 valence electrons. The van der Waals surface area contributed by atoms with E-state index in [1.165, 1.54) is 12.1 Å². The molecule has 0 saturated heterocycles. The minimum Gasteiger partial charge on any atom is -0.370 e. The van der Waals surface area contributed by atoms with Crippen LogP contribution >= 0.6 is 0 Å². The molecule has 0 spiro atoms. The van der Waals surface area contributed by atoms with Crippen LogP contribution in [0.3, 0.4) is 0 Å². The zero-order valence-electron chi connectivity index (χ0n) is 8.51. The van der Waals surface area contributed by atoms with Crippen LogP contribution in [0.15, 0.2) is 18.2 Å². The van der Waals surface area contributed by atoms with Crippen LogP contribution in [-0.4, -0.2) is 11.5 Å². The van der Waals surface area contributed by atoms with E-state index in [0.717, 1.165) is 6.07 Å². The van der Waals surface area contributed by atoms with Crippen molar-refractivity contribution in [2.24, 2.45) is 0 Å². The average molecular weight is 228 g/mol. The van der Waals surface area contributed by atoms with Gasteiger partial charge in [-0.1, -0.05) is 6.07 Å². The van der Waals surface area contributed by atoms with Gasteiger partial charge in [0.1, 0.15) is 11.5 Å². The van der Waals surface area contributed by atoms with E-state index in [0.29, 0.717) is 19.4 Å². The summed E-state index contributed by atoms with van der Waals surface area (Å²) < 4.78 is 36.9. The first-order valence-electron chi connectivity index (χ1n) is 4.75. The van der Waals surface area contributed by atoms with Gasteiger partial charge >= 0.3 is 6.18 Å². The summed E-state index contributed by atoms with van der Waals surface area (Å²) in [5.74, 6) is 2.66. The normalized spacial score (nSPS) is 10.9. The summed E-state index contributed by atoms with van der Waals surface area (Å²) in [5, 5.41) is 2.79. The lowest BCUT2D eigenvalue weighted by Gasteiger charge is -2.08. The van der Waals surface area contributed by atoms with Crippen LogP contribution in [0.2, 0.25) is 0 Å². The number of nitrogens with zero attached hydrogens (tertiary/aromatic N) is 1. The zero-order chi connectivity index (χ0) is 12.0. The average Bonchev–Trinajstić information content (AvgIpc) is 2.24. The molecule has 1 aromatic heterocycles. The molecule has 1 aromatic rings. The number of alkyl halides is 3. The number of nitrogens with one attached hydrogen (secondary N) is 1. The van der Waals surface area contributed by atoms with Crippen LogP contribution in [0.1, 0.15) is 18.5 Å². The molecule has 1 N–H and O–H groups in total. The van der Waals surface area contributed by atoms with Crippen molar-refractivity contribution in [2.75, 3.05) is 11.9 Å². The lowest BCUT2D eigenvalue weighted by atomic mass is 10.3. The standard InChI is InChI=1S/C11H11F3N2/c1-2-3-4-8-15-10-7-5-6-9(16-10)11(12,13)14/h1,5-7H,3-4,8H2,(H,15,16). The molecule has 2 nitrogen and oxygen atoms in total. The van der Waals surface area contributed by atoms with Gasteiger partial charge in [-0.2, -0.15) is 13.2 Å². The molecule has 0 bridgehead atoms. The number of pyridine rings is 1. The molecule has 1 heterocycles. The van der Waals surface area contributed by atoms with Gasteiger partial charge in [-0.05, 0) is 18.6 Å². The Morgan fingerprint density at radius 2 is 2.12 bits per heavy atom. The Kier molecular flexibility index (Phi) is 4.18. The van der Waals surface area contributed by atoms with Crippen LogP contribution in [-0.2, 0) is 6.18 Å². The summed E-state index contributed by atoms with van der Waals surface area (Å²) in [4.78, 5) is 3.45. The van der Waals surface area contributed by atoms with Crippen molar-refractivity contribution in [1.82, 2.24) is 4.98 Å². The minimum atomic E-state index is -4.41. The van der Waals surface area contributed by atoms with Crippen molar-refractivity contribution < 1.29 is 13.2 Å². The van der Waals surface area contributed by atoms with Crippen molar-refractivity contribution >= 4 is 5.82 Å². The van der Waals surface area contributed by atoms with E-state index in [4.69, 9.17) is 6.42 Å². The smallest absolute Gasteiger partial charge is 0.370 e. The largest absolute Gasteiger partial charge is 0.433 e. The maximum absolute atomic E-state index is 12.3. The fraction of sp³-hybridized carbons (Fsp3) is 0.364. The molecular weight excluding hydrogens is 217 g/mol. The maximum atomic E-state index is 12.3. The third kappa shape index (κ3) is 3.81. The van der Waals surface area contributed by atoms with E-state index in [-0.39, 0.29) is 5.82 Å². The Morgan fingerprint density at radius 1 is 1.38 bits per heavy atom. The molecule has 0 aliphatic carbocycles. The molecule has 5 heteroatoms. The van der Waals surface area contributed by atoms with Crippen LogP contribution in [0.4, 0.5) is 19.0 Å². The molecule has 0 unspecified atom stereocenters. The fourth-order valence-corrected chi connectivity index (χ4v) is 1.10. The lowest BCUT2D eigenvalue weighted by Crippen LogP contribution is -2.10. The Hall–Kier alpha value is -1.70. The minimum absolute atomic E-state index is 0.215. The number of terminal acetylenes is 1. The first-order chi connectivity index (χ1) is 7.54. The second-order valence-electron chi connectivity index (χ2n) is 3.14. The van der Waals surface area contributed by atoms with Gasteiger partial charge in [0.15, 0.2) is 0 Å². The molecular formula is C11H11F3N2. The SMILES string of the molecule is C#CCCCNc1cccc(C(F)(F)F)n1. The summed E-state index contributed by atoms with van der Waals surface area (Å²) in [6, 6.07) is 3.75. The van der Waals surface area contributed by atoms with Crippen molar-refractivity contribution in [2.45, 2.75) is 19.0 Å². The van der Waals surface area contributed by atoms with Gasteiger partial charge in [-0.15, -0.1) is 12.3 Å². The summed E-state index contributed by atoms with van der Waals surface area (Å²) in [6.45, 7) is 0.512. The highest BCUT2D eigenvalue weighted by Gasteiger charge is 2.32. The Morgan fingerprint density at radius 3 is 2.75 bits per heavy atom. The molecule has 16 heavy (non-hydrogen) atoms. The summed E-state index contributed by atoms with van der Waals surface area (Å²) in [5.41, 5.74) is -0.894. The third-order valence-electron chi connectivity index (χ3n) is 1.84. The van der Waals surface area contributed by atoms with Gasteiger partial charge < -0.3 is 5.32 Å². The topological polar surface area (TPSA) is 24.9 Å². The molecule has 1 rings (SSSR count). The van der Waals surface area contributed by atoms with E-state index < -0.39 is 11.9 Å². The van der Waals surface area contributed by atoms with Crippen LogP contribution in [0, 0.1) is 12.3 Å². The highest BCUT2D eigenvalue weighted by molar-refractivity contribution is 5.35. The van der Waals surface area contributed by atoms with E-state index in [9.17, 15) is 13.2 Å². The molecule has 0 radical (unpaired) electrons. The number of halogens is 3. The van der Waals surface area contributed by atoms with Crippen molar-refractivity contribution in [3.8, 4) is 12.3 Å². The second-order valence-corrected chi connectivity index (χ2v) is 3.14. The third-order valence-corrected chi connectivity index (χ3v) is 1.84. The van der Waals surface area contributed by atoms with Gasteiger partial charge in [0.25, 0.3) is 0 Å². The quantitative estimate of drug-likeness (QED) is 0.633. The molecule has 0 aliphatic heterocycles. The molecule has 0 saturated carbocycles. The van der Waals surface area contributed by atoms with Gasteiger partial charge in [-0.3, -0.25) is 0 Å². The Bertz CT molecular complexity index is 380. The van der Waals surface area contributed by atoms with E-state index in [1.54, 1.807) is 0 Å². The van der Waals surface area contributed by atoms with Crippen molar-refractivity contribution in [3.63, 3.8) is 0 Å². The molecule has 0 aromatic carbocycles. The van der Waals surface area contributed by atoms with Gasteiger partial charge in [0, 0.05) is 13.0 Å². The highest BCUT2D eigenvalue weighted by atomic mass is 19.4. The summed E-state index contributed by atoms with van der Waals surface area (Å²) in [6.07, 6.45) is 1.93. The molecule has 0 aliphatic rings. The van der Waals surface area contributed by atoms with Gasteiger partial charge in [0.2, 0.25) is 0 Å². The predicted molar refractivity (Wildman–Crippen MR) is 55.8 cm³/mol. The van der Waals surface area contributed by atoms with Crippen LogP contribution < -0.4 is 5.32 Å². The number of hydrogen-bond donors (Lipinski definition) is 1. The summed E-state index contributed by atoms with van der Waals surface area (Å²) >= 11 is 0. The summed E-state index contributed by atoms with van der Waals surface area (Å²) in [7, 11) is 0. The molecule has 0 amide bonds. The predicted octanol–water partition coefficient (Wildman–Crippen LogP) is 2.93. The Balaban J connectivity index is 2.58. The van der Waals surface area contributed by atoms with E-state index >= 15 is 0 Å². The number of unbranched alkanes of at least 4 members (excludes halogenated alkanes) is 1. The van der Waals surface area contributed by atoms with Crippen LogP contribution in [0.25, 0.3) is 0 Å². The first-order valence-corrected chi connectivity index (χ1v) is 4.75. The maximum Gasteiger partial charge on any atom is 0.433 e. The first kappa shape index (κ1) is 12.4. The molecule has 0 fully saturated rings. The van der Waals surface area contributed by atoms with Crippen molar-refractivity contribution in [1.29, 1.82) is 0 Å². The number of anilines is 1. The lowest BCUT2D eigenvalue weighted by molar-refractivity contribution is -0.141. The van der Waals surface area contributed by atoms with Gasteiger partial charge in [0.05, 0.1) is 0 Å². The zero-order valence-corrected chi connectivity index (χ0v) is 8.51. The molecule has 0 atom stereocenters. The van der Waals surface area contributed by atoms with Gasteiger partial charge in [-0.25, -0.2) is 4.98 Å². The highest BCUT2D eigenvalue weighted by Crippen LogP contribution is 2.28. The van der Waals surface area contributed by atoms with Crippen molar-refractivity contribution in [3.05, 3.63) is 23.9 Å². The second kappa shape index (κ2) is 5.40. The fourth-order valence-electron chi connectivity index (χ4n) is 1.10. The van der Waals surface area contributed by atoms with E-state index in [1.807, 2.05) is 0 Å². The Labute approximate surface area is 91.9 Å². The monoisotopic (exact) mass is 228 g/mol. The number of rotatable bonds is 4. The number of hydrogen-bond acceptors (Lipinski definition) is 2. The van der Waals surface area contributed by atoms with Crippen LogP contribution in [0.5, 0.6) is 0 Å².